The highest BCUT2D eigenvalue weighted by molar-refractivity contribution is 6.07. The average molecular weight is 624 g/mol. The monoisotopic (exact) mass is 623 g/mol. The first-order chi connectivity index (χ1) is 22.0. The number of nitriles is 1. The number of aromatic nitrogens is 1. The second-order valence-electron chi connectivity index (χ2n) is 12.8. The number of hydrogen-bond acceptors (Lipinski definition) is 7. The van der Waals surface area contributed by atoms with Crippen molar-refractivity contribution in [3.63, 3.8) is 0 Å². The molecular weight excluding hydrogens is 582 g/mol. The summed E-state index contributed by atoms with van der Waals surface area (Å²) in [5, 5.41) is 22.6. The smallest absolute Gasteiger partial charge is 0.412 e. The number of nitrogens with zero attached hydrogens (tertiary/aromatic N) is 6. The lowest BCUT2D eigenvalue weighted by Crippen LogP contribution is -2.49. The van der Waals surface area contributed by atoms with E-state index in [1.54, 1.807) is 75.5 Å². The van der Waals surface area contributed by atoms with Crippen LogP contribution in [0.5, 0.6) is 0 Å². The van der Waals surface area contributed by atoms with Gasteiger partial charge in [0.15, 0.2) is 0 Å². The lowest BCUT2D eigenvalue weighted by Gasteiger charge is -2.35. The molecule has 2 fully saturated rings. The summed E-state index contributed by atoms with van der Waals surface area (Å²) < 4.78 is 0. The fraction of sp³-hybridized carbons (Fsp3) is 0.400. The van der Waals surface area contributed by atoms with E-state index >= 15 is 0 Å². The van der Waals surface area contributed by atoms with Gasteiger partial charge in [-0.05, 0) is 69.5 Å². The van der Waals surface area contributed by atoms with E-state index in [1.165, 1.54) is 4.90 Å². The molecule has 11 nitrogen and oxygen atoms in total. The predicted octanol–water partition coefficient (Wildman–Crippen LogP) is 4.90. The van der Waals surface area contributed by atoms with Crippen molar-refractivity contribution in [3.8, 4) is 17.3 Å². The van der Waals surface area contributed by atoms with Gasteiger partial charge in [-0.25, -0.2) is 4.79 Å². The third kappa shape index (κ3) is 7.70. The molecule has 3 heterocycles. The normalized spacial score (nSPS) is 15.7. The van der Waals surface area contributed by atoms with Gasteiger partial charge in [-0.3, -0.25) is 29.3 Å². The Morgan fingerprint density at radius 2 is 1.61 bits per heavy atom. The fourth-order valence-corrected chi connectivity index (χ4v) is 6.03. The summed E-state index contributed by atoms with van der Waals surface area (Å²) in [7, 11) is 0. The first-order valence-electron chi connectivity index (χ1n) is 15.7. The maximum atomic E-state index is 13.2. The fourth-order valence-electron chi connectivity index (χ4n) is 6.03. The van der Waals surface area contributed by atoms with Crippen LogP contribution in [0.25, 0.3) is 11.3 Å². The van der Waals surface area contributed by atoms with E-state index in [1.807, 2.05) is 11.0 Å². The van der Waals surface area contributed by atoms with Crippen LogP contribution in [0, 0.1) is 11.3 Å². The summed E-state index contributed by atoms with van der Waals surface area (Å²) in [4.78, 5) is 50.1. The van der Waals surface area contributed by atoms with E-state index in [0.717, 1.165) is 57.7 Å². The van der Waals surface area contributed by atoms with E-state index in [2.05, 4.69) is 26.2 Å². The van der Waals surface area contributed by atoms with Crippen LogP contribution in [-0.4, -0.2) is 94.1 Å². The summed E-state index contributed by atoms with van der Waals surface area (Å²) in [5.41, 5.74) is 3.07. The van der Waals surface area contributed by atoms with Crippen molar-refractivity contribution in [1.82, 2.24) is 19.7 Å². The van der Waals surface area contributed by atoms with Crippen LogP contribution in [0.15, 0.2) is 60.8 Å². The number of benzene rings is 2. The number of likely N-dealkylation sites (tertiary alicyclic amines) is 1. The molecule has 2 N–H and O–H groups in total. The Bertz CT molecular complexity index is 1610. The number of carbonyl (C=O) groups is 3. The Balaban J connectivity index is 1.21. The zero-order valence-corrected chi connectivity index (χ0v) is 26.7. The Hall–Kier alpha value is -4.79. The molecule has 2 aromatic carbocycles. The van der Waals surface area contributed by atoms with Crippen molar-refractivity contribution in [2.24, 2.45) is 0 Å². The van der Waals surface area contributed by atoms with Crippen LogP contribution in [0.1, 0.15) is 55.1 Å². The summed E-state index contributed by atoms with van der Waals surface area (Å²) in [6, 6.07) is 17.8. The number of piperazine rings is 1. The molecule has 2 saturated heterocycles. The maximum absolute atomic E-state index is 13.2. The molecule has 0 bridgehead atoms. The zero-order chi connectivity index (χ0) is 32.8. The summed E-state index contributed by atoms with van der Waals surface area (Å²) in [5.74, 6) is -0.158. The van der Waals surface area contributed by atoms with Crippen LogP contribution in [0.4, 0.5) is 16.2 Å². The van der Waals surface area contributed by atoms with Crippen LogP contribution in [-0.2, 0) is 11.3 Å². The van der Waals surface area contributed by atoms with Crippen molar-refractivity contribution < 1.29 is 19.5 Å². The molecule has 5 rings (SSSR count). The molecule has 0 aliphatic carbocycles. The van der Waals surface area contributed by atoms with Crippen LogP contribution in [0.3, 0.4) is 0 Å². The third-order valence-corrected chi connectivity index (χ3v) is 8.43. The summed E-state index contributed by atoms with van der Waals surface area (Å²) >= 11 is 0. The van der Waals surface area contributed by atoms with Gasteiger partial charge in [-0.1, -0.05) is 24.3 Å². The molecule has 0 atom stereocenters. The van der Waals surface area contributed by atoms with Gasteiger partial charge in [0, 0.05) is 68.7 Å². The predicted molar refractivity (Wildman–Crippen MR) is 177 cm³/mol. The number of nitrogens with one attached hydrogen (secondary N) is 1. The van der Waals surface area contributed by atoms with E-state index < -0.39 is 11.6 Å². The van der Waals surface area contributed by atoms with Gasteiger partial charge in [-0.2, -0.15) is 5.26 Å². The van der Waals surface area contributed by atoms with Crippen LogP contribution in [0.2, 0.25) is 0 Å². The van der Waals surface area contributed by atoms with Gasteiger partial charge < -0.3 is 15.3 Å². The number of carbonyl (C=O) groups excluding carboxylic acids is 2. The van der Waals surface area contributed by atoms with Crippen molar-refractivity contribution in [2.75, 3.05) is 56.0 Å². The van der Waals surface area contributed by atoms with Gasteiger partial charge in [0.05, 0.1) is 29.2 Å². The van der Waals surface area contributed by atoms with E-state index in [4.69, 9.17) is 0 Å². The largest absolute Gasteiger partial charge is 0.465 e. The van der Waals surface area contributed by atoms with Gasteiger partial charge in [0.1, 0.15) is 6.07 Å². The van der Waals surface area contributed by atoms with Gasteiger partial charge in [-0.15, -0.1) is 0 Å². The van der Waals surface area contributed by atoms with E-state index in [9.17, 15) is 24.8 Å². The Morgan fingerprint density at radius 3 is 2.24 bits per heavy atom. The van der Waals surface area contributed by atoms with E-state index in [0.29, 0.717) is 46.8 Å². The Morgan fingerprint density at radius 1 is 0.957 bits per heavy atom. The Labute approximate surface area is 270 Å². The number of amides is 3. The molecule has 2 aliphatic heterocycles. The molecule has 2 aliphatic rings. The number of anilines is 2. The van der Waals surface area contributed by atoms with Crippen molar-refractivity contribution in [2.45, 2.75) is 45.7 Å². The molecular formula is C35H41N7O4. The average Bonchev–Trinajstić information content (AvgIpc) is 3.58. The highest BCUT2D eigenvalue weighted by Gasteiger charge is 2.30. The maximum Gasteiger partial charge on any atom is 0.412 e. The molecule has 0 radical (unpaired) electrons. The highest BCUT2D eigenvalue weighted by Crippen LogP contribution is 2.32. The van der Waals surface area contributed by atoms with Gasteiger partial charge in [0.25, 0.3) is 5.91 Å². The van der Waals surface area contributed by atoms with Crippen molar-refractivity contribution in [1.29, 1.82) is 5.26 Å². The third-order valence-electron chi connectivity index (χ3n) is 8.43. The molecule has 3 amide bonds. The SMILES string of the molecule is CC(C)(C)N(C(=O)O)c1ccccc1NC(=O)c1ccc(-c2ncc(CN3CCN(CC(=O)N4CCCC4)CC3)cc2C#N)cc1. The lowest BCUT2D eigenvalue weighted by molar-refractivity contribution is -0.131. The molecule has 0 spiro atoms. The zero-order valence-electron chi connectivity index (χ0n) is 26.7. The number of rotatable bonds is 8. The van der Waals surface area contributed by atoms with Crippen LogP contribution < -0.4 is 10.2 Å². The van der Waals surface area contributed by atoms with Gasteiger partial charge >= 0.3 is 6.09 Å². The standard InChI is InChI=1S/C35H41N7O4/c1-35(2,3)42(34(45)46)30-9-5-4-8-29(30)38-33(44)27-12-10-26(11-13-27)32-28(21-36)20-25(22-37-32)23-39-16-18-40(19-17-39)24-31(43)41-14-6-7-15-41/h4-5,8-13,20,22H,6-7,14-19,23-24H2,1-3H3,(H,38,44)(H,45,46). The topological polar surface area (TPSA) is 133 Å². The van der Waals surface area contributed by atoms with E-state index in [-0.39, 0.29) is 11.8 Å². The second-order valence-corrected chi connectivity index (χ2v) is 12.8. The van der Waals surface area contributed by atoms with Crippen LogP contribution >= 0.6 is 0 Å². The summed E-state index contributed by atoms with van der Waals surface area (Å²) in [6.45, 7) is 11.6. The molecule has 0 saturated carbocycles. The minimum atomic E-state index is -1.12. The molecule has 1 aromatic heterocycles. The minimum Gasteiger partial charge on any atom is -0.465 e. The molecule has 0 unspecified atom stereocenters. The lowest BCUT2D eigenvalue weighted by atomic mass is 10.0. The number of hydrogen-bond donors (Lipinski definition) is 2. The second kappa shape index (κ2) is 14.1. The number of pyridine rings is 1. The first-order valence-corrected chi connectivity index (χ1v) is 15.7. The molecule has 240 valence electrons. The molecule has 46 heavy (non-hydrogen) atoms. The molecule has 11 heteroatoms. The quantitative estimate of drug-likeness (QED) is 0.362. The minimum absolute atomic E-state index is 0.228. The molecule has 3 aromatic rings. The summed E-state index contributed by atoms with van der Waals surface area (Å²) in [6.07, 6.45) is 2.88. The highest BCUT2D eigenvalue weighted by atomic mass is 16.4. The number of para-hydroxylation sites is 2. The Kier molecular flexibility index (Phi) is 9.99. The van der Waals surface area contributed by atoms with Gasteiger partial charge in [0.2, 0.25) is 5.91 Å². The first kappa shape index (κ1) is 32.6. The van der Waals surface area contributed by atoms with Crippen molar-refractivity contribution >= 4 is 29.3 Å². The number of carboxylic acid groups (broad SMARTS) is 1. The van der Waals surface area contributed by atoms with Crippen molar-refractivity contribution in [3.05, 3.63) is 77.5 Å².